The smallest absolute Gasteiger partial charge is 0.338 e. The molecule has 2 aromatic rings. The highest BCUT2D eigenvalue weighted by Crippen LogP contribution is 2.29. The van der Waals surface area contributed by atoms with Crippen LogP contribution in [-0.4, -0.2) is 39.3 Å². The van der Waals surface area contributed by atoms with Gasteiger partial charge in [0.15, 0.2) is 18.1 Å². The van der Waals surface area contributed by atoms with E-state index in [1.807, 2.05) is 24.3 Å². The van der Waals surface area contributed by atoms with Crippen LogP contribution in [0.4, 0.5) is 5.69 Å². The van der Waals surface area contributed by atoms with Crippen LogP contribution in [0.15, 0.2) is 48.0 Å². The maximum atomic E-state index is 12.2. The number of ether oxygens (including phenoxy) is 4. The van der Waals surface area contributed by atoms with E-state index in [1.165, 1.54) is 14.2 Å². The Balaban J connectivity index is 1.57. The molecule has 1 N–H and O–H groups in total. The minimum absolute atomic E-state index is 0.104. The Morgan fingerprint density at radius 3 is 2.63 bits per heavy atom. The van der Waals surface area contributed by atoms with Crippen molar-refractivity contribution in [2.24, 2.45) is 0 Å². The first kappa shape index (κ1) is 18.3. The van der Waals surface area contributed by atoms with Gasteiger partial charge in [-0.15, -0.1) is 0 Å². The second kappa shape index (κ2) is 8.27. The second-order valence-electron chi connectivity index (χ2n) is 5.69. The molecule has 0 radical (unpaired) electrons. The lowest BCUT2D eigenvalue weighted by Crippen LogP contribution is -2.23. The number of esters is 1. The first-order chi connectivity index (χ1) is 13.1. The highest BCUT2D eigenvalue weighted by Gasteiger charge is 2.19. The number of rotatable bonds is 6. The fraction of sp³-hybridized carbons (Fsp3) is 0.200. The third-order valence-corrected chi connectivity index (χ3v) is 3.90. The van der Waals surface area contributed by atoms with E-state index in [9.17, 15) is 9.59 Å². The van der Waals surface area contributed by atoms with Crippen molar-refractivity contribution in [2.75, 3.05) is 32.8 Å². The fourth-order valence-electron chi connectivity index (χ4n) is 2.57. The summed E-state index contributed by atoms with van der Waals surface area (Å²) >= 11 is 0. The number of carbonyl (C=O) groups excluding carboxylic acids is 2. The number of amides is 1. The minimum atomic E-state index is -0.591. The predicted octanol–water partition coefficient (Wildman–Crippen LogP) is 2.66. The van der Waals surface area contributed by atoms with Crippen LogP contribution in [0.5, 0.6) is 17.2 Å². The van der Waals surface area contributed by atoms with Crippen LogP contribution in [0, 0.1) is 0 Å². The van der Waals surface area contributed by atoms with Crippen LogP contribution in [0.2, 0.25) is 0 Å². The van der Waals surface area contributed by atoms with Gasteiger partial charge in [0.25, 0.3) is 5.91 Å². The maximum Gasteiger partial charge on any atom is 0.338 e. The van der Waals surface area contributed by atoms with Crippen LogP contribution < -0.4 is 19.5 Å². The average molecular weight is 369 g/mol. The Kier molecular flexibility index (Phi) is 5.61. The molecule has 1 aliphatic rings. The van der Waals surface area contributed by atoms with Gasteiger partial charge in [0, 0.05) is 17.3 Å². The van der Waals surface area contributed by atoms with Crippen molar-refractivity contribution in [1.29, 1.82) is 0 Å². The molecule has 27 heavy (non-hydrogen) atoms. The second-order valence-corrected chi connectivity index (χ2v) is 5.69. The molecule has 1 aliphatic heterocycles. The van der Waals surface area contributed by atoms with Crippen molar-refractivity contribution < 1.29 is 28.5 Å². The van der Waals surface area contributed by atoms with E-state index < -0.39 is 18.5 Å². The zero-order valence-corrected chi connectivity index (χ0v) is 15.0. The van der Waals surface area contributed by atoms with Crippen molar-refractivity contribution in [2.45, 2.75) is 0 Å². The third kappa shape index (κ3) is 4.38. The molecule has 1 heterocycles. The van der Waals surface area contributed by atoms with E-state index in [-0.39, 0.29) is 6.61 Å². The number of carbonyl (C=O) groups is 2. The molecule has 0 spiro atoms. The molecule has 0 unspecified atom stereocenters. The maximum absolute atomic E-state index is 12.2. The molecule has 0 saturated carbocycles. The number of hydrogen-bond acceptors (Lipinski definition) is 6. The standard InChI is InChI=1S/C20H19NO6/c1-24-17-8-7-15(10-18(17)25-2)21-19(22)12-27-20(23)14-9-13-5-3-4-6-16(13)26-11-14/h3-10H,11-12H2,1-2H3,(H,21,22). The molecule has 0 fully saturated rings. The quantitative estimate of drug-likeness (QED) is 0.789. The van der Waals surface area contributed by atoms with Gasteiger partial charge in [0.1, 0.15) is 12.4 Å². The lowest BCUT2D eigenvalue weighted by molar-refractivity contribution is -0.143. The van der Waals surface area contributed by atoms with E-state index >= 15 is 0 Å². The number of benzene rings is 2. The van der Waals surface area contributed by atoms with E-state index in [0.29, 0.717) is 28.5 Å². The topological polar surface area (TPSA) is 83.1 Å². The minimum Gasteiger partial charge on any atom is -0.493 e. The molecule has 7 nitrogen and oxygen atoms in total. The third-order valence-electron chi connectivity index (χ3n) is 3.90. The molecule has 0 saturated heterocycles. The van der Waals surface area contributed by atoms with Crippen molar-refractivity contribution in [3.05, 3.63) is 53.6 Å². The molecule has 2 aromatic carbocycles. The first-order valence-corrected chi connectivity index (χ1v) is 8.22. The van der Waals surface area contributed by atoms with Gasteiger partial charge in [0.2, 0.25) is 0 Å². The Bertz CT molecular complexity index is 890. The molecule has 0 atom stereocenters. The number of fused-ring (bicyclic) bond motifs is 1. The van der Waals surface area contributed by atoms with Crippen LogP contribution in [0.25, 0.3) is 6.08 Å². The Morgan fingerprint density at radius 2 is 1.85 bits per heavy atom. The van der Waals surface area contributed by atoms with E-state index in [4.69, 9.17) is 18.9 Å². The van der Waals surface area contributed by atoms with E-state index in [1.54, 1.807) is 24.3 Å². The van der Waals surface area contributed by atoms with Crippen LogP contribution in [0.3, 0.4) is 0 Å². The summed E-state index contributed by atoms with van der Waals surface area (Å²) in [5, 5.41) is 2.64. The molecule has 0 aliphatic carbocycles. The first-order valence-electron chi connectivity index (χ1n) is 8.22. The number of methoxy groups -OCH3 is 2. The van der Waals surface area contributed by atoms with Crippen LogP contribution in [-0.2, 0) is 14.3 Å². The summed E-state index contributed by atoms with van der Waals surface area (Å²) in [5.74, 6) is 0.683. The molecular formula is C20H19NO6. The summed E-state index contributed by atoms with van der Waals surface area (Å²) in [4.78, 5) is 24.2. The van der Waals surface area contributed by atoms with Crippen molar-refractivity contribution in [1.82, 2.24) is 0 Å². The van der Waals surface area contributed by atoms with Gasteiger partial charge in [-0.25, -0.2) is 4.79 Å². The Morgan fingerprint density at radius 1 is 1.07 bits per heavy atom. The van der Waals surface area contributed by atoms with Gasteiger partial charge in [-0.05, 0) is 24.3 Å². The SMILES string of the molecule is COc1ccc(NC(=O)COC(=O)C2=Cc3ccccc3OC2)cc1OC. The van der Waals surface area contributed by atoms with Crippen molar-refractivity contribution in [3.63, 3.8) is 0 Å². The molecule has 7 heteroatoms. The zero-order valence-electron chi connectivity index (χ0n) is 15.0. The van der Waals surface area contributed by atoms with Gasteiger partial charge >= 0.3 is 5.97 Å². The summed E-state index contributed by atoms with van der Waals surface area (Å²) in [6.07, 6.45) is 1.70. The summed E-state index contributed by atoms with van der Waals surface area (Å²) in [6, 6.07) is 12.3. The summed E-state index contributed by atoms with van der Waals surface area (Å²) < 4.78 is 20.9. The van der Waals surface area contributed by atoms with Crippen LogP contribution >= 0.6 is 0 Å². The predicted molar refractivity (Wildman–Crippen MR) is 99.0 cm³/mol. The van der Waals surface area contributed by atoms with Crippen LogP contribution in [0.1, 0.15) is 5.56 Å². The highest BCUT2D eigenvalue weighted by atomic mass is 16.5. The molecule has 1 amide bonds. The lowest BCUT2D eigenvalue weighted by atomic mass is 10.1. The van der Waals surface area contributed by atoms with E-state index in [2.05, 4.69) is 5.32 Å². The highest BCUT2D eigenvalue weighted by molar-refractivity contribution is 5.98. The Labute approximate surface area is 156 Å². The zero-order chi connectivity index (χ0) is 19.2. The largest absolute Gasteiger partial charge is 0.493 e. The van der Waals surface area contributed by atoms with Gasteiger partial charge in [0.05, 0.1) is 19.8 Å². The van der Waals surface area contributed by atoms with Crippen molar-refractivity contribution >= 4 is 23.6 Å². The van der Waals surface area contributed by atoms with Crippen molar-refractivity contribution in [3.8, 4) is 17.2 Å². The average Bonchev–Trinajstić information content (AvgIpc) is 2.71. The normalized spacial score (nSPS) is 12.1. The summed E-state index contributed by atoms with van der Waals surface area (Å²) in [6.45, 7) is -0.306. The number of anilines is 1. The molecule has 0 aromatic heterocycles. The number of hydrogen-bond donors (Lipinski definition) is 1. The monoisotopic (exact) mass is 369 g/mol. The summed E-state index contributed by atoms with van der Waals surface area (Å²) in [7, 11) is 3.03. The molecule has 3 rings (SSSR count). The molecule has 140 valence electrons. The van der Waals surface area contributed by atoms with E-state index in [0.717, 1.165) is 5.56 Å². The summed E-state index contributed by atoms with van der Waals surface area (Å²) in [5.41, 5.74) is 1.65. The van der Waals surface area contributed by atoms with Gasteiger partial charge in [-0.3, -0.25) is 4.79 Å². The van der Waals surface area contributed by atoms with Gasteiger partial charge in [-0.2, -0.15) is 0 Å². The Hall–Kier alpha value is -3.48. The fourth-order valence-corrected chi connectivity index (χ4v) is 2.57. The molecule has 0 bridgehead atoms. The van der Waals surface area contributed by atoms with Gasteiger partial charge < -0.3 is 24.3 Å². The lowest BCUT2D eigenvalue weighted by Gasteiger charge is -2.17. The number of para-hydroxylation sites is 1. The molecular weight excluding hydrogens is 350 g/mol. The number of nitrogens with one attached hydrogen (secondary N) is 1. The van der Waals surface area contributed by atoms with Gasteiger partial charge in [-0.1, -0.05) is 18.2 Å².